The van der Waals surface area contributed by atoms with Crippen LogP contribution in [-0.2, 0) is 37.8 Å². The minimum Gasteiger partial charge on any atom is -0.456 e. The van der Waals surface area contributed by atoms with E-state index in [4.69, 9.17) is 4.74 Å². The van der Waals surface area contributed by atoms with Crippen molar-refractivity contribution >= 4 is 39.0 Å². The summed E-state index contributed by atoms with van der Waals surface area (Å²) in [6.45, 7) is 8.22. The first-order valence-corrected chi connectivity index (χ1v) is 13.1. The van der Waals surface area contributed by atoms with Crippen LogP contribution < -0.4 is 10.6 Å². The lowest BCUT2D eigenvalue weighted by molar-refractivity contribution is -0.148. The second kappa shape index (κ2) is 12.6. The van der Waals surface area contributed by atoms with Crippen LogP contribution >= 0.6 is 0 Å². The smallest absolute Gasteiger partial charge is 0.321 e. The molecule has 0 spiro atoms. The predicted molar refractivity (Wildman–Crippen MR) is 131 cm³/mol. The number of nitrogens with one attached hydrogen (secondary N) is 2. The highest BCUT2D eigenvalue weighted by atomic mass is 32.2. The highest BCUT2D eigenvalue weighted by Crippen LogP contribution is 2.22. The van der Waals surface area contributed by atoms with Gasteiger partial charge in [-0.3, -0.25) is 14.9 Å². The maximum Gasteiger partial charge on any atom is 0.321 e. The number of rotatable bonds is 12. The number of imide groups is 1. The van der Waals surface area contributed by atoms with Gasteiger partial charge in [-0.1, -0.05) is 27.7 Å². The van der Waals surface area contributed by atoms with E-state index in [1.165, 1.54) is 10.4 Å². The summed E-state index contributed by atoms with van der Waals surface area (Å²) >= 11 is 0. The van der Waals surface area contributed by atoms with E-state index in [1.54, 1.807) is 37.6 Å². The van der Waals surface area contributed by atoms with E-state index in [-0.39, 0.29) is 17.7 Å². The molecule has 1 aromatic carbocycles. The van der Waals surface area contributed by atoms with Gasteiger partial charge in [-0.2, -0.15) is 4.31 Å². The molecule has 0 saturated heterocycles. The van der Waals surface area contributed by atoms with Crippen LogP contribution in [0, 0.1) is 5.92 Å². The Kier molecular flexibility index (Phi) is 10.2. The zero-order valence-electron chi connectivity index (χ0n) is 21.0. The normalized spacial score (nSPS) is 11.7. The van der Waals surface area contributed by atoms with Gasteiger partial charge in [0.2, 0.25) is 10.0 Å². The van der Waals surface area contributed by atoms with E-state index in [0.29, 0.717) is 36.9 Å². The van der Waals surface area contributed by atoms with Gasteiger partial charge in [0.25, 0.3) is 5.91 Å². The summed E-state index contributed by atoms with van der Waals surface area (Å²) in [7, 11) is -1.83. The molecule has 2 aromatic rings. The Bertz CT molecular complexity index is 1150. The molecule has 0 atom stereocenters. The molecule has 2 rings (SSSR count). The minimum absolute atomic E-state index is 0.0321. The first kappa shape index (κ1) is 28.2. The average Bonchev–Trinajstić information content (AvgIpc) is 3.11. The lowest BCUT2D eigenvalue weighted by Crippen LogP contribution is -2.42. The fraction of sp³-hybridized carbons (Fsp3) is 0.565. The maximum absolute atomic E-state index is 12.8. The van der Waals surface area contributed by atoms with E-state index in [2.05, 4.69) is 15.6 Å². The summed E-state index contributed by atoms with van der Waals surface area (Å²) in [5, 5.41) is 4.67. The number of aromatic nitrogens is 2. The van der Waals surface area contributed by atoms with Gasteiger partial charge in [0.1, 0.15) is 5.82 Å². The number of urea groups is 1. The van der Waals surface area contributed by atoms with Gasteiger partial charge in [0.05, 0.1) is 22.3 Å². The van der Waals surface area contributed by atoms with Gasteiger partial charge in [-0.15, -0.1) is 0 Å². The van der Waals surface area contributed by atoms with Crippen molar-refractivity contribution in [2.24, 2.45) is 13.0 Å². The number of imidazole rings is 1. The number of benzene rings is 1. The molecule has 0 aliphatic heterocycles. The summed E-state index contributed by atoms with van der Waals surface area (Å²) < 4.78 is 33.7. The zero-order chi connectivity index (χ0) is 26.2. The van der Waals surface area contributed by atoms with Crippen LogP contribution in [-0.4, -0.2) is 66.4 Å². The molecule has 11 nitrogen and oxygen atoms in total. The second-order valence-electron chi connectivity index (χ2n) is 8.47. The van der Waals surface area contributed by atoms with Crippen molar-refractivity contribution in [2.75, 3.05) is 26.2 Å². The molecule has 0 radical (unpaired) electrons. The molecular weight excluding hydrogens is 474 g/mol. The number of hydrogen-bond acceptors (Lipinski definition) is 7. The Labute approximate surface area is 206 Å². The predicted octanol–water partition coefficient (Wildman–Crippen LogP) is 1.95. The largest absolute Gasteiger partial charge is 0.456 e. The van der Waals surface area contributed by atoms with Crippen molar-refractivity contribution < 1.29 is 27.5 Å². The molecule has 0 bridgehead atoms. The fourth-order valence-electron chi connectivity index (χ4n) is 3.44. The van der Waals surface area contributed by atoms with Gasteiger partial charge in [0.15, 0.2) is 6.61 Å². The van der Waals surface area contributed by atoms with Crippen molar-refractivity contribution in [1.82, 2.24) is 24.5 Å². The number of carbonyl (C=O) groups excluding carboxylic acids is 3. The number of hydrogen-bond donors (Lipinski definition) is 2. The monoisotopic (exact) mass is 509 g/mol. The van der Waals surface area contributed by atoms with Crippen molar-refractivity contribution in [1.29, 1.82) is 0 Å². The second-order valence-corrected chi connectivity index (χ2v) is 10.4. The topological polar surface area (TPSA) is 140 Å². The van der Waals surface area contributed by atoms with E-state index in [0.717, 1.165) is 11.9 Å². The van der Waals surface area contributed by atoms with Gasteiger partial charge >= 0.3 is 12.0 Å². The number of fused-ring (bicyclic) bond motifs is 1. The number of ether oxygens (including phenoxy) is 1. The van der Waals surface area contributed by atoms with Crippen LogP contribution in [0.2, 0.25) is 0 Å². The summed E-state index contributed by atoms with van der Waals surface area (Å²) in [6.07, 6.45) is 0.987. The highest BCUT2D eigenvalue weighted by Gasteiger charge is 2.23. The molecular formula is C23H35N5O6S. The zero-order valence-corrected chi connectivity index (χ0v) is 21.8. The van der Waals surface area contributed by atoms with Gasteiger partial charge in [-0.25, -0.2) is 18.2 Å². The van der Waals surface area contributed by atoms with E-state index in [1.807, 2.05) is 13.8 Å². The van der Waals surface area contributed by atoms with Crippen LogP contribution in [0.15, 0.2) is 23.1 Å². The Balaban J connectivity index is 1.92. The number of esters is 1. The standard InChI is InChI=1S/C23H35N5O6S/c1-6-28(7-2)35(32,33)17-8-9-19-18(14-17)25-20(27(19)5)10-11-22(30)34-15-21(29)26-23(31)24-13-12-16(3)4/h8-9,14,16H,6-7,10-13,15H2,1-5H3,(H2,24,26,29,31). The summed E-state index contributed by atoms with van der Waals surface area (Å²) in [6, 6.07) is 4.14. The van der Waals surface area contributed by atoms with Crippen LogP contribution in [0.25, 0.3) is 11.0 Å². The Hall–Kier alpha value is -2.99. The summed E-state index contributed by atoms with van der Waals surface area (Å²) in [5.74, 6) is -0.337. The lowest BCUT2D eigenvalue weighted by Gasteiger charge is -2.18. The Morgan fingerprint density at radius 2 is 1.86 bits per heavy atom. The van der Waals surface area contributed by atoms with Crippen LogP contribution in [0.4, 0.5) is 4.79 Å². The Morgan fingerprint density at radius 3 is 2.49 bits per heavy atom. The number of amides is 3. The number of aryl methyl sites for hydroxylation is 2. The maximum atomic E-state index is 12.8. The van der Waals surface area contributed by atoms with Crippen LogP contribution in [0.5, 0.6) is 0 Å². The molecule has 35 heavy (non-hydrogen) atoms. The first-order chi connectivity index (χ1) is 16.5. The lowest BCUT2D eigenvalue weighted by atomic mass is 10.1. The molecule has 0 unspecified atom stereocenters. The van der Waals surface area contributed by atoms with Gasteiger partial charge in [-0.05, 0) is 30.5 Å². The average molecular weight is 510 g/mol. The van der Waals surface area contributed by atoms with Crippen molar-refractivity contribution in [3.8, 4) is 0 Å². The molecule has 3 amide bonds. The molecule has 1 heterocycles. The van der Waals surface area contributed by atoms with E-state index < -0.39 is 34.5 Å². The van der Waals surface area contributed by atoms with Crippen molar-refractivity contribution in [3.63, 3.8) is 0 Å². The van der Waals surface area contributed by atoms with Crippen molar-refractivity contribution in [3.05, 3.63) is 24.0 Å². The third kappa shape index (κ3) is 7.76. The third-order valence-electron chi connectivity index (χ3n) is 5.47. The van der Waals surface area contributed by atoms with Crippen LogP contribution in [0.1, 0.15) is 46.4 Å². The van der Waals surface area contributed by atoms with Gasteiger partial charge < -0.3 is 14.6 Å². The SMILES string of the molecule is CCN(CC)S(=O)(=O)c1ccc2c(c1)nc(CCC(=O)OCC(=O)NC(=O)NCCC(C)C)n2C. The van der Waals surface area contributed by atoms with E-state index >= 15 is 0 Å². The number of carbonyl (C=O) groups is 3. The molecule has 1 aromatic heterocycles. The molecule has 0 aliphatic carbocycles. The quantitative estimate of drug-likeness (QED) is 0.417. The summed E-state index contributed by atoms with van der Waals surface area (Å²) in [4.78, 5) is 40.2. The molecule has 0 fully saturated rings. The number of nitrogens with zero attached hydrogens (tertiary/aromatic N) is 3. The van der Waals surface area contributed by atoms with E-state index in [9.17, 15) is 22.8 Å². The Morgan fingerprint density at radius 1 is 1.17 bits per heavy atom. The van der Waals surface area contributed by atoms with Gasteiger partial charge in [0, 0.05) is 33.1 Å². The molecule has 12 heteroatoms. The highest BCUT2D eigenvalue weighted by molar-refractivity contribution is 7.89. The molecule has 0 aliphatic rings. The molecule has 2 N–H and O–H groups in total. The third-order valence-corrected chi connectivity index (χ3v) is 7.51. The van der Waals surface area contributed by atoms with Crippen LogP contribution in [0.3, 0.4) is 0 Å². The fourth-order valence-corrected chi connectivity index (χ4v) is 4.92. The molecule has 194 valence electrons. The molecule has 0 saturated carbocycles. The van der Waals surface area contributed by atoms with Crippen molar-refractivity contribution in [2.45, 2.75) is 51.9 Å². The first-order valence-electron chi connectivity index (χ1n) is 11.7. The summed E-state index contributed by atoms with van der Waals surface area (Å²) in [5.41, 5.74) is 1.24. The minimum atomic E-state index is -3.61. The number of sulfonamides is 1.